The third-order valence-corrected chi connectivity index (χ3v) is 6.24. The van der Waals surface area contributed by atoms with Crippen LogP contribution >= 0.6 is 11.8 Å². The van der Waals surface area contributed by atoms with Gasteiger partial charge in [-0.3, -0.25) is 11.7 Å². The second-order valence-corrected chi connectivity index (χ2v) is 8.86. The number of nitrogens with one attached hydrogen (secondary N) is 2. The highest BCUT2D eigenvalue weighted by molar-refractivity contribution is 7.99. The molecule has 0 atom stereocenters. The van der Waals surface area contributed by atoms with E-state index >= 15 is 0 Å². The summed E-state index contributed by atoms with van der Waals surface area (Å²) in [5, 5.41) is 0. The minimum absolute atomic E-state index is 0.0554. The molecule has 0 aliphatic carbocycles. The number of nitrogens with two attached hydrogens (primary N) is 2. The van der Waals surface area contributed by atoms with Gasteiger partial charge in [0, 0.05) is 9.79 Å². The van der Waals surface area contributed by atoms with E-state index in [9.17, 15) is 16.8 Å². The highest BCUT2D eigenvalue weighted by atomic mass is 32.2. The van der Waals surface area contributed by atoms with Gasteiger partial charge in [0.1, 0.15) is 0 Å². The molecule has 23 heavy (non-hydrogen) atoms. The first-order valence-corrected chi connectivity index (χ1v) is 9.89. The molecule has 0 aliphatic rings. The number of hydrogen-bond donors (Lipinski definition) is 4. The topological polar surface area (TPSA) is 144 Å². The highest BCUT2D eigenvalue weighted by Crippen LogP contribution is 2.29. The van der Waals surface area contributed by atoms with Crippen molar-refractivity contribution in [1.29, 1.82) is 0 Å². The zero-order valence-electron chi connectivity index (χ0n) is 11.6. The van der Waals surface area contributed by atoms with Crippen LogP contribution in [-0.2, 0) is 20.0 Å². The summed E-state index contributed by atoms with van der Waals surface area (Å²) >= 11 is 1.35. The lowest BCUT2D eigenvalue weighted by molar-refractivity contribution is 0.582. The van der Waals surface area contributed by atoms with E-state index in [1.165, 1.54) is 36.0 Å². The van der Waals surface area contributed by atoms with Crippen LogP contribution in [0.15, 0.2) is 68.1 Å². The van der Waals surface area contributed by atoms with Gasteiger partial charge in [-0.25, -0.2) is 16.8 Å². The fourth-order valence-corrected chi connectivity index (χ4v) is 3.72. The van der Waals surface area contributed by atoms with Crippen LogP contribution in [-0.4, -0.2) is 16.8 Å². The third kappa shape index (κ3) is 4.29. The van der Waals surface area contributed by atoms with Crippen molar-refractivity contribution in [1.82, 2.24) is 9.66 Å². The molecule has 0 fully saturated rings. The number of hydrazine groups is 2. The van der Waals surface area contributed by atoms with E-state index in [0.29, 0.717) is 0 Å². The van der Waals surface area contributed by atoms with Crippen molar-refractivity contribution in [2.75, 3.05) is 0 Å². The van der Waals surface area contributed by atoms with Gasteiger partial charge < -0.3 is 0 Å². The number of benzene rings is 2. The summed E-state index contributed by atoms with van der Waals surface area (Å²) in [5.41, 5.74) is 0. The maximum atomic E-state index is 11.5. The molecule has 0 aromatic heterocycles. The number of rotatable bonds is 6. The molecular formula is C12H14N4O4S3. The van der Waals surface area contributed by atoms with Crippen LogP contribution in [0.3, 0.4) is 0 Å². The maximum Gasteiger partial charge on any atom is 0.253 e. The maximum absolute atomic E-state index is 11.5. The fourth-order valence-electron chi connectivity index (χ4n) is 1.65. The van der Waals surface area contributed by atoms with Gasteiger partial charge in [-0.1, -0.05) is 11.8 Å². The van der Waals surface area contributed by atoms with Crippen LogP contribution in [0.1, 0.15) is 0 Å². The molecule has 0 aliphatic heterocycles. The van der Waals surface area contributed by atoms with Crippen molar-refractivity contribution in [3.05, 3.63) is 48.5 Å². The van der Waals surface area contributed by atoms with Gasteiger partial charge in [-0.2, -0.15) is 9.66 Å². The van der Waals surface area contributed by atoms with E-state index in [4.69, 9.17) is 11.7 Å². The SMILES string of the molecule is NNS(=O)(=O)c1ccc(Sc2ccc(S(=O)(=O)NN)cc2)cc1. The summed E-state index contributed by atoms with van der Waals surface area (Å²) in [4.78, 5) is 5.17. The molecule has 11 heteroatoms. The molecule has 0 heterocycles. The zero-order valence-corrected chi connectivity index (χ0v) is 14.1. The quantitative estimate of drug-likeness (QED) is 0.416. The Morgan fingerprint density at radius 3 is 1.22 bits per heavy atom. The molecule has 2 aromatic carbocycles. The van der Waals surface area contributed by atoms with Crippen LogP contribution in [0.4, 0.5) is 0 Å². The summed E-state index contributed by atoms with van der Waals surface area (Å²) in [5.74, 6) is 9.91. The van der Waals surface area contributed by atoms with E-state index in [-0.39, 0.29) is 9.79 Å². The minimum atomic E-state index is -3.68. The standard InChI is InChI=1S/C12H14N4O4S3/c13-15-22(17,18)11-5-1-9(2-6-11)21-10-3-7-12(8-4-10)23(19,20)16-14/h1-8,15-16H,13-14H2. The Morgan fingerprint density at radius 2 is 0.957 bits per heavy atom. The van der Waals surface area contributed by atoms with E-state index < -0.39 is 20.0 Å². The van der Waals surface area contributed by atoms with Gasteiger partial charge >= 0.3 is 0 Å². The van der Waals surface area contributed by atoms with Crippen LogP contribution in [0.2, 0.25) is 0 Å². The van der Waals surface area contributed by atoms with E-state index in [1.54, 1.807) is 33.9 Å². The van der Waals surface area contributed by atoms with Gasteiger partial charge in [0.15, 0.2) is 0 Å². The zero-order chi connectivity index (χ0) is 17.1. The molecule has 0 saturated heterocycles. The Labute approximate surface area is 138 Å². The summed E-state index contributed by atoms with van der Waals surface area (Å²) in [7, 11) is -7.36. The van der Waals surface area contributed by atoms with Gasteiger partial charge in [-0.15, -0.1) is 0 Å². The van der Waals surface area contributed by atoms with Crippen LogP contribution in [0.5, 0.6) is 0 Å². The normalized spacial score (nSPS) is 12.3. The molecule has 2 rings (SSSR count). The van der Waals surface area contributed by atoms with E-state index in [2.05, 4.69) is 0 Å². The molecule has 124 valence electrons. The molecule has 0 unspecified atom stereocenters. The molecule has 0 saturated carbocycles. The molecular weight excluding hydrogens is 360 g/mol. The summed E-state index contributed by atoms with van der Waals surface area (Å²) < 4.78 is 46.1. The predicted molar refractivity (Wildman–Crippen MR) is 86.0 cm³/mol. The Balaban J connectivity index is 2.17. The molecule has 0 bridgehead atoms. The average molecular weight is 374 g/mol. The molecule has 8 nitrogen and oxygen atoms in total. The summed E-state index contributed by atoms with van der Waals surface area (Å²) in [6.07, 6.45) is 0. The second kappa shape index (κ2) is 6.97. The first kappa shape index (κ1) is 17.9. The Bertz CT molecular complexity index is 803. The van der Waals surface area contributed by atoms with Crippen molar-refractivity contribution >= 4 is 31.8 Å². The molecule has 6 N–H and O–H groups in total. The molecule has 2 aromatic rings. The van der Waals surface area contributed by atoms with Gasteiger partial charge in [0.05, 0.1) is 9.79 Å². The Hall–Kier alpha value is -1.47. The summed E-state index contributed by atoms with van der Waals surface area (Å²) in [6, 6.07) is 12.2. The first-order valence-electron chi connectivity index (χ1n) is 6.11. The van der Waals surface area contributed by atoms with Crippen molar-refractivity contribution in [2.45, 2.75) is 19.6 Å². The lowest BCUT2D eigenvalue weighted by atomic mass is 10.4. The largest absolute Gasteiger partial charge is 0.257 e. The molecule has 0 amide bonds. The van der Waals surface area contributed by atoms with Crippen LogP contribution < -0.4 is 21.3 Å². The number of sulfonamides is 2. The highest BCUT2D eigenvalue weighted by Gasteiger charge is 2.12. The molecule has 0 radical (unpaired) electrons. The van der Waals surface area contributed by atoms with Gasteiger partial charge in [0.2, 0.25) is 0 Å². The van der Waals surface area contributed by atoms with Crippen molar-refractivity contribution < 1.29 is 16.8 Å². The Kier molecular flexibility index (Phi) is 5.41. The fraction of sp³-hybridized carbons (Fsp3) is 0. The Morgan fingerprint density at radius 1 is 0.652 bits per heavy atom. The summed E-state index contributed by atoms with van der Waals surface area (Å²) in [6.45, 7) is 0. The van der Waals surface area contributed by atoms with Crippen LogP contribution in [0, 0.1) is 0 Å². The predicted octanol–water partition coefficient (Wildman–Crippen LogP) is 0.142. The first-order chi connectivity index (χ1) is 10.8. The minimum Gasteiger partial charge on any atom is -0.257 e. The average Bonchev–Trinajstić information content (AvgIpc) is 2.56. The van der Waals surface area contributed by atoms with Crippen molar-refractivity contribution in [3.63, 3.8) is 0 Å². The van der Waals surface area contributed by atoms with Crippen molar-refractivity contribution in [3.8, 4) is 0 Å². The lowest BCUT2D eigenvalue weighted by Crippen LogP contribution is -2.30. The van der Waals surface area contributed by atoms with E-state index in [1.807, 2.05) is 0 Å². The third-order valence-electron chi connectivity index (χ3n) is 2.81. The van der Waals surface area contributed by atoms with Gasteiger partial charge in [-0.05, 0) is 48.5 Å². The van der Waals surface area contributed by atoms with Crippen LogP contribution in [0.25, 0.3) is 0 Å². The van der Waals surface area contributed by atoms with Gasteiger partial charge in [0.25, 0.3) is 20.0 Å². The molecule has 0 spiro atoms. The van der Waals surface area contributed by atoms with E-state index in [0.717, 1.165) is 9.79 Å². The second-order valence-electron chi connectivity index (χ2n) is 4.29. The lowest BCUT2D eigenvalue weighted by Gasteiger charge is -2.06. The monoisotopic (exact) mass is 374 g/mol. The number of hydrogen-bond acceptors (Lipinski definition) is 7. The van der Waals surface area contributed by atoms with Crippen molar-refractivity contribution in [2.24, 2.45) is 11.7 Å². The smallest absolute Gasteiger partial charge is 0.253 e.